The lowest BCUT2D eigenvalue weighted by atomic mass is 10.1. The van der Waals surface area contributed by atoms with Crippen LogP contribution in [0.1, 0.15) is 20.8 Å². The van der Waals surface area contributed by atoms with Gasteiger partial charge in [-0.25, -0.2) is 4.98 Å². The van der Waals surface area contributed by atoms with Crippen molar-refractivity contribution in [2.24, 2.45) is 0 Å². The molecule has 0 aliphatic carbocycles. The predicted octanol–water partition coefficient (Wildman–Crippen LogP) is 4.38. The first-order valence-electron chi connectivity index (χ1n) is 4.97. The average Bonchev–Trinajstić information content (AvgIpc) is 2.64. The zero-order valence-corrected chi connectivity index (χ0v) is 11.7. The van der Waals surface area contributed by atoms with Gasteiger partial charge in [0.15, 0.2) is 15.8 Å². The number of carbonyl (C=O) groups excluding carboxylic acids is 1. The Morgan fingerprint density at radius 3 is 2.71 bits per heavy atom. The lowest BCUT2D eigenvalue weighted by Gasteiger charge is -2.02. The predicted molar refractivity (Wildman–Crippen MR) is 72.6 cm³/mol. The van der Waals surface area contributed by atoms with Crippen LogP contribution in [0.15, 0.2) is 27.4 Å². The molecule has 1 aromatic heterocycles. The topological polar surface area (TPSA) is 30.0 Å². The molecule has 5 heteroatoms. The van der Waals surface area contributed by atoms with Crippen LogP contribution in [0.4, 0.5) is 0 Å². The molecule has 0 bridgehead atoms. The van der Waals surface area contributed by atoms with E-state index in [0.29, 0.717) is 4.88 Å². The molecule has 0 saturated carbocycles. The van der Waals surface area contributed by atoms with Crippen LogP contribution >= 0.6 is 34.7 Å². The van der Waals surface area contributed by atoms with E-state index < -0.39 is 0 Å². The highest BCUT2D eigenvalue weighted by molar-refractivity contribution is 8.01. The molecule has 0 amide bonds. The zero-order valence-electron chi connectivity index (χ0n) is 9.36. The van der Waals surface area contributed by atoms with Gasteiger partial charge in [0.2, 0.25) is 0 Å². The molecule has 1 heterocycles. The summed E-state index contributed by atoms with van der Waals surface area (Å²) in [4.78, 5) is 16.4. The van der Waals surface area contributed by atoms with Gasteiger partial charge in [0.1, 0.15) is 4.88 Å². The summed E-state index contributed by atoms with van der Waals surface area (Å²) in [5.41, 5.74) is 2.51. The number of thiazole rings is 1. The van der Waals surface area contributed by atoms with Crippen LogP contribution in [0.3, 0.4) is 0 Å². The first kappa shape index (κ1) is 12.6. The minimum Gasteiger partial charge on any atom is -0.297 e. The van der Waals surface area contributed by atoms with Gasteiger partial charge in [-0.1, -0.05) is 29.4 Å². The fourth-order valence-electron chi connectivity index (χ4n) is 1.29. The molecule has 2 aromatic rings. The molecule has 0 fully saturated rings. The van der Waals surface area contributed by atoms with E-state index in [-0.39, 0.29) is 5.15 Å². The van der Waals surface area contributed by atoms with Crippen molar-refractivity contribution in [3.05, 3.63) is 39.4 Å². The van der Waals surface area contributed by atoms with Crippen molar-refractivity contribution in [1.29, 1.82) is 0 Å². The monoisotopic (exact) mass is 283 g/mol. The summed E-state index contributed by atoms with van der Waals surface area (Å²) in [6.07, 6.45) is 0.741. The maximum Gasteiger partial charge on any atom is 0.163 e. The van der Waals surface area contributed by atoms with Gasteiger partial charge in [-0.15, -0.1) is 11.3 Å². The van der Waals surface area contributed by atoms with Gasteiger partial charge in [-0.3, -0.25) is 4.79 Å². The Labute approximate surface area is 113 Å². The van der Waals surface area contributed by atoms with E-state index in [9.17, 15) is 4.79 Å². The number of carbonyl (C=O) groups is 1. The number of halogens is 1. The summed E-state index contributed by atoms with van der Waals surface area (Å²) in [5, 5.41) is 0.288. The molecular weight excluding hydrogens is 274 g/mol. The van der Waals surface area contributed by atoms with E-state index in [4.69, 9.17) is 11.6 Å². The third-order valence-corrected chi connectivity index (χ3v) is 4.81. The minimum atomic E-state index is 0.288. The van der Waals surface area contributed by atoms with Gasteiger partial charge in [0.05, 0.1) is 0 Å². The molecule has 88 valence electrons. The normalized spacial score (nSPS) is 10.5. The Hall–Kier alpha value is -0.840. The summed E-state index contributed by atoms with van der Waals surface area (Å²) >= 11 is 8.66. The molecule has 0 aliphatic heterocycles. The van der Waals surface area contributed by atoms with Crippen molar-refractivity contribution in [3.63, 3.8) is 0 Å². The molecule has 2 nitrogen and oxygen atoms in total. The molecule has 2 rings (SSSR count). The Balaban J connectivity index is 2.25. The third kappa shape index (κ3) is 2.89. The summed E-state index contributed by atoms with van der Waals surface area (Å²) in [6.45, 7) is 4.15. The number of aromatic nitrogens is 1. The summed E-state index contributed by atoms with van der Waals surface area (Å²) in [6, 6.07) is 6.23. The van der Waals surface area contributed by atoms with E-state index >= 15 is 0 Å². The Kier molecular flexibility index (Phi) is 3.86. The smallest absolute Gasteiger partial charge is 0.163 e. The second kappa shape index (κ2) is 5.21. The van der Waals surface area contributed by atoms with E-state index in [2.05, 4.69) is 31.0 Å². The first-order valence-corrected chi connectivity index (χ1v) is 6.98. The van der Waals surface area contributed by atoms with Crippen LogP contribution in [-0.2, 0) is 0 Å². The third-order valence-electron chi connectivity index (χ3n) is 2.38. The van der Waals surface area contributed by atoms with E-state index in [1.165, 1.54) is 34.2 Å². The first-order chi connectivity index (χ1) is 8.10. The average molecular weight is 284 g/mol. The number of rotatable bonds is 3. The van der Waals surface area contributed by atoms with Crippen molar-refractivity contribution in [2.45, 2.75) is 23.1 Å². The van der Waals surface area contributed by atoms with Crippen LogP contribution < -0.4 is 0 Å². The Bertz CT molecular complexity index is 566. The second-order valence-electron chi connectivity index (χ2n) is 3.60. The standard InChI is InChI=1S/C12H10ClNOS2/c1-7-3-4-9(5-8(7)2)16-12-14-11(13)10(6-15)17-12/h3-6H,1-2H3. The van der Waals surface area contributed by atoms with Crippen LogP contribution in [-0.4, -0.2) is 11.3 Å². The van der Waals surface area contributed by atoms with Gasteiger partial charge in [0, 0.05) is 4.90 Å². The van der Waals surface area contributed by atoms with E-state index in [1.807, 2.05) is 6.07 Å². The highest BCUT2D eigenvalue weighted by Gasteiger charge is 2.09. The molecule has 0 atom stereocenters. The fraction of sp³-hybridized carbons (Fsp3) is 0.167. The second-order valence-corrected chi connectivity index (χ2v) is 6.31. The Morgan fingerprint density at radius 1 is 1.35 bits per heavy atom. The van der Waals surface area contributed by atoms with Crippen LogP contribution in [0, 0.1) is 13.8 Å². The number of hydrogen-bond donors (Lipinski definition) is 0. The quantitative estimate of drug-likeness (QED) is 0.783. The summed E-state index contributed by atoms with van der Waals surface area (Å²) < 4.78 is 0.792. The van der Waals surface area contributed by atoms with Gasteiger partial charge in [-0.05, 0) is 37.1 Å². The maximum atomic E-state index is 10.7. The molecule has 0 radical (unpaired) electrons. The Morgan fingerprint density at radius 2 is 2.12 bits per heavy atom. The molecule has 17 heavy (non-hydrogen) atoms. The molecule has 0 N–H and O–H groups in total. The van der Waals surface area contributed by atoms with Crippen molar-refractivity contribution >= 4 is 41.0 Å². The lowest BCUT2D eigenvalue weighted by Crippen LogP contribution is -1.80. The van der Waals surface area contributed by atoms with Gasteiger partial charge < -0.3 is 0 Å². The van der Waals surface area contributed by atoms with Crippen LogP contribution in [0.25, 0.3) is 0 Å². The highest BCUT2D eigenvalue weighted by Crippen LogP contribution is 2.34. The summed E-state index contributed by atoms with van der Waals surface area (Å²) in [7, 11) is 0. The number of aldehydes is 1. The van der Waals surface area contributed by atoms with Crippen molar-refractivity contribution < 1.29 is 4.79 Å². The van der Waals surface area contributed by atoms with E-state index in [0.717, 1.165) is 15.5 Å². The number of nitrogens with zero attached hydrogens (tertiary/aromatic N) is 1. The van der Waals surface area contributed by atoms with Crippen LogP contribution in [0.2, 0.25) is 5.15 Å². The molecular formula is C12H10ClNOS2. The zero-order chi connectivity index (χ0) is 12.4. The minimum absolute atomic E-state index is 0.288. The van der Waals surface area contributed by atoms with Gasteiger partial charge in [0.25, 0.3) is 0 Å². The fourth-order valence-corrected chi connectivity index (χ4v) is 3.57. The molecule has 0 aliphatic rings. The molecule has 1 aromatic carbocycles. The van der Waals surface area contributed by atoms with Gasteiger partial charge in [-0.2, -0.15) is 0 Å². The van der Waals surface area contributed by atoms with Crippen molar-refractivity contribution in [2.75, 3.05) is 0 Å². The SMILES string of the molecule is Cc1ccc(Sc2nc(Cl)c(C=O)s2)cc1C. The number of benzene rings is 1. The van der Waals surface area contributed by atoms with Gasteiger partial charge >= 0.3 is 0 Å². The largest absolute Gasteiger partial charge is 0.297 e. The summed E-state index contributed by atoms with van der Waals surface area (Å²) in [5.74, 6) is 0. The van der Waals surface area contributed by atoms with E-state index in [1.54, 1.807) is 0 Å². The van der Waals surface area contributed by atoms with Crippen LogP contribution in [0.5, 0.6) is 0 Å². The molecule has 0 saturated heterocycles. The number of aryl methyl sites for hydroxylation is 2. The van der Waals surface area contributed by atoms with Crippen molar-refractivity contribution in [3.8, 4) is 0 Å². The number of hydrogen-bond acceptors (Lipinski definition) is 4. The maximum absolute atomic E-state index is 10.7. The molecule has 0 unspecified atom stereocenters. The lowest BCUT2D eigenvalue weighted by molar-refractivity contribution is 0.112. The molecule has 0 spiro atoms. The van der Waals surface area contributed by atoms with Crippen molar-refractivity contribution in [1.82, 2.24) is 4.98 Å². The highest BCUT2D eigenvalue weighted by atomic mass is 35.5.